The van der Waals surface area contributed by atoms with Crippen LogP contribution in [0.4, 0.5) is 19.0 Å². The monoisotopic (exact) mass is 502 g/mol. The lowest BCUT2D eigenvalue weighted by Crippen LogP contribution is -2.39. The van der Waals surface area contributed by atoms with Crippen molar-refractivity contribution < 1.29 is 23.1 Å². The molecule has 1 atom stereocenters. The molecule has 36 heavy (non-hydrogen) atoms. The summed E-state index contributed by atoms with van der Waals surface area (Å²) in [6.07, 6.45) is 1.96. The standard InChI is InChI=1S/C25H29F3N6O2/c26-25(27,28)24-31-14-17(15-32-24)21(34-11-3-1-2-4-12-34)16-30-23(36)19-6-5-7-20-18(19)8-9-22(33-20)29-10-13-35/h5-9,14-15,21,35H,1-4,10-13,16H2,(H,29,33)(H,30,36). The smallest absolute Gasteiger partial charge is 0.395 e. The highest BCUT2D eigenvalue weighted by Crippen LogP contribution is 2.28. The van der Waals surface area contributed by atoms with Crippen LogP contribution in [0, 0.1) is 0 Å². The normalized spacial score (nSPS) is 15.9. The number of amides is 1. The minimum absolute atomic E-state index is 0.0235. The van der Waals surface area contributed by atoms with E-state index < -0.39 is 12.0 Å². The van der Waals surface area contributed by atoms with Crippen LogP contribution in [0.2, 0.25) is 0 Å². The SMILES string of the molecule is O=C(NCC(c1cnc(C(F)(F)F)nc1)N1CCCCCC1)c1cccc2nc(NCCO)ccc12. The number of rotatable bonds is 8. The van der Waals surface area contributed by atoms with Gasteiger partial charge in [0.25, 0.3) is 5.91 Å². The van der Waals surface area contributed by atoms with Gasteiger partial charge in [-0.15, -0.1) is 0 Å². The Labute approximate surface area is 207 Å². The molecule has 1 saturated heterocycles. The Morgan fingerprint density at radius 3 is 2.44 bits per heavy atom. The maximum Gasteiger partial charge on any atom is 0.451 e. The van der Waals surface area contributed by atoms with Crippen LogP contribution in [-0.2, 0) is 6.18 Å². The fourth-order valence-electron chi connectivity index (χ4n) is 4.44. The van der Waals surface area contributed by atoms with Crippen molar-refractivity contribution in [3.8, 4) is 0 Å². The number of aliphatic hydroxyl groups excluding tert-OH is 1. The van der Waals surface area contributed by atoms with Gasteiger partial charge in [0.05, 0.1) is 18.2 Å². The molecule has 1 aromatic carbocycles. The molecule has 3 N–H and O–H groups in total. The Morgan fingerprint density at radius 2 is 1.78 bits per heavy atom. The van der Waals surface area contributed by atoms with Crippen LogP contribution >= 0.6 is 0 Å². The van der Waals surface area contributed by atoms with E-state index in [1.165, 1.54) is 12.4 Å². The van der Waals surface area contributed by atoms with Crippen LogP contribution in [0.1, 0.15) is 53.5 Å². The van der Waals surface area contributed by atoms with Crippen molar-refractivity contribution in [3.63, 3.8) is 0 Å². The van der Waals surface area contributed by atoms with Crippen molar-refractivity contribution in [2.45, 2.75) is 37.9 Å². The quantitative estimate of drug-likeness (QED) is 0.431. The maximum atomic E-state index is 13.2. The number of nitrogens with one attached hydrogen (secondary N) is 2. The Balaban J connectivity index is 1.54. The molecular formula is C25H29F3N6O2. The molecule has 0 radical (unpaired) electrons. The lowest BCUT2D eigenvalue weighted by Gasteiger charge is -2.31. The summed E-state index contributed by atoms with van der Waals surface area (Å²) in [5.41, 5.74) is 1.61. The summed E-state index contributed by atoms with van der Waals surface area (Å²) >= 11 is 0. The van der Waals surface area contributed by atoms with E-state index in [1.807, 2.05) is 0 Å². The Bertz CT molecular complexity index is 1160. The summed E-state index contributed by atoms with van der Waals surface area (Å²) in [5, 5.41) is 15.6. The zero-order valence-electron chi connectivity index (χ0n) is 19.8. The van der Waals surface area contributed by atoms with E-state index in [-0.39, 0.29) is 25.1 Å². The highest BCUT2D eigenvalue weighted by Gasteiger charge is 2.35. The number of hydrogen-bond donors (Lipinski definition) is 3. The van der Waals surface area contributed by atoms with E-state index in [9.17, 15) is 18.0 Å². The number of halogens is 3. The summed E-state index contributed by atoms with van der Waals surface area (Å²) in [6.45, 7) is 2.11. The van der Waals surface area contributed by atoms with Crippen LogP contribution < -0.4 is 10.6 Å². The van der Waals surface area contributed by atoms with Crippen molar-refractivity contribution in [3.05, 3.63) is 59.7 Å². The Morgan fingerprint density at radius 1 is 1.06 bits per heavy atom. The third-order valence-corrected chi connectivity index (χ3v) is 6.24. The predicted octanol–water partition coefficient (Wildman–Crippen LogP) is 3.79. The number of nitrogens with zero attached hydrogens (tertiary/aromatic N) is 4. The summed E-state index contributed by atoms with van der Waals surface area (Å²) < 4.78 is 38.9. The van der Waals surface area contributed by atoms with Gasteiger partial charge >= 0.3 is 6.18 Å². The minimum atomic E-state index is -4.61. The highest BCUT2D eigenvalue weighted by atomic mass is 19.4. The molecule has 8 nitrogen and oxygen atoms in total. The number of aromatic nitrogens is 3. The second-order valence-electron chi connectivity index (χ2n) is 8.73. The number of anilines is 1. The average molecular weight is 503 g/mol. The number of fused-ring (bicyclic) bond motifs is 1. The van der Waals surface area contributed by atoms with Crippen LogP contribution in [0.25, 0.3) is 10.9 Å². The molecule has 11 heteroatoms. The molecule has 3 aromatic rings. The molecule has 1 aliphatic rings. The topological polar surface area (TPSA) is 103 Å². The molecule has 3 heterocycles. The van der Waals surface area contributed by atoms with Gasteiger partial charge in [-0.3, -0.25) is 9.69 Å². The second-order valence-corrected chi connectivity index (χ2v) is 8.73. The van der Waals surface area contributed by atoms with Crippen LogP contribution in [-0.4, -0.2) is 63.7 Å². The fraction of sp³-hybridized carbons (Fsp3) is 0.440. The van der Waals surface area contributed by atoms with Crippen molar-refractivity contribution in [2.24, 2.45) is 0 Å². The second kappa shape index (κ2) is 11.6. The molecule has 1 unspecified atom stereocenters. The third kappa shape index (κ3) is 6.27. The number of alkyl halides is 3. The van der Waals surface area contributed by atoms with E-state index in [2.05, 4.69) is 30.5 Å². The van der Waals surface area contributed by atoms with E-state index in [0.717, 1.165) is 38.8 Å². The van der Waals surface area contributed by atoms with E-state index >= 15 is 0 Å². The molecule has 0 spiro atoms. The third-order valence-electron chi connectivity index (χ3n) is 6.24. The molecule has 0 saturated carbocycles. The fourth-order valence-corrected chi connectivity index (χ4v) is 4.44. The molecule has 0 aliphatic carbocycles. The number of likely N-dealkylation sites (tertiary alicyclic amines) is 1. The highest BCUT2D eigenvalue weighted by molar-refractivity contribution is 6.06. The molecule has 1 fully saturated rings. The average Bonchev–Trinajstić information content (AvgIpc) is 3.16. The van der Waals surface area contributed by atoms with Crippen molar-refractivity contribution in [1.29, 1.82) is 0 Å². The van der Waals surface area contributed by atoms with Gasteiger partial charge in [0.15, 0.2) is 0 Å². The Hall–Kier alpha value is -3.31. The lowest BCUT2D eigenvalue weighted by molar-refractivity contribution is -0.145. The van der Waals surface area contributed by atoms with Gasteiger partial charge in [-0.25, -0.2) is 15.0 Å². The summed E-state index contributed by atoms with van der Waals surface area (Å²) in [5.74, 6) is -0.884. The van der Waals surface area contributed by atoms with Crippen LogP contribution in [0.5, 0.6) is 0 Å². The number of hydrogen-bond acceptors (Lipinski definition) is 7. The number of carbonyl (C=O) groups is 1. The number of benzene rings is 1. The minimum Gasteiger partial charge on any atom is -0.395 e. The first kappa shape index (κ1) is 25.8. The van der Waals surface area contributed by atoms with E-state index in [1.54, 1.807) is 30.3 Å². The van der Waals surface area contributed by atoms with Gasteiger partial charge in [0, 0.05) is 42.0 Å². The van der Waals surface area contributed by atoms with Gasteiger partial charge in [-0.05, 0) is 50.2 Å². The molecule has 4 rings (SSSR count). The summed E-state index contributed by atoms with van der Waals surface area (Å²) in [7, 11) is 0. The van der Waals surface area contributed by atoms with Gasteiger partial charge < -0.3 is 15.7 Å². The molecule has 0 bridgehead atoms. The number of carbonyl (C=O) groups excluding carboxylic acids is 1. The predicted molar refractivity (Wildman–Crippen MR) is 129 cm³/mol. The first-order chi connectivity index (χ1) is 17.4. The molecule has 1 aliphatic heterocycles. The lowest BCUT2D eigenvalue weighted by atomic mass is 10.1. The maximum absolute atomic E-state index is 13.2. The molecule has 2 aromatic heterocycles. The first-order valence-corrected chi connectivity index (χ1v) is 12.0. The van der Waals surface area contributed by atoms with E-state index in [4.69, 9.17) is 5.11 Å². The van der Waals surface area contributed by atoms with Gasteiger partial charge in [0.2, 0.25) is 5.82 Å². The van der Waals surface area contributed by atoms with Crippen molar-refractivity contribution in [2.75, 3.05) is 38.1 Å². The van der Waals surface area contributed by atoms with Crippen LogP contribution in [0.3, 0.4) is 0 Å². The summed E-state index contributed by atoms with van der Waals surface area (Å²) in [4.78, 5) is 27.0. The van der Waals surface area contributed by atoms with Crippen molar-refractivity contribution in [1.82, 2.24) is 25.2 Å². The largest absolute Gasteiger partial charge is 0.451 e. The van der Waals surface area contributed by atoms with Gasteiger partial charge in [-0.1, -0.05) is 18.9 Å². The van der Waals surface area contributed by atoms with E-state index in [0.29, 0.717) is 34.4 Å². The first-order valence-electron chi connectivity index (χ1n) is 12.0. The number of aliphatic hydroxyl groups is 1. The zero-order chi connectivity index (χ0) is 25.5. The van der Waals surface area contributed by atoms with Gasteiger partial charge in [0.1, 0.15) is 5.82 Å². The number of pyridine rings is 1. The molecular weight excluding hydrogens is 473 g/mol. The molecule has 192 valence electrons. The zero-order valence-corrected chi connectivity index (χ0v) is 19.8. The van der Waals surface area contributed by atoms with Crippen LogP contribution in [0.15, 0.2) is 42.7 Å². The van der Waals surface area contributed by atoms with Crippen molar-refractivity contribution >= 4 is 22.6 Å². The van der Waals surface area contributed by atoms with Gasteiger partial charge in [-0.2, -0.15) is 13.2 Å². The Kier molecular flexibility index (Phi) is 8.32. The summed E-state index contributed by atoms with van der Waals surface area (Å²) in [6, 6.07) is 8.45. The molecule has 1 amide bonds.